The first kappa shape index (κ1) is 25.2. The van der Waals surface area contributed by atoms with Crippen LogP contribution in [0.3, 0.4) is 0 Å². The number of rotatable bonds is 8. The minimum Gasteiger partial charge on any atom is -0.493 e. The predicted octanol–water partition coefficient (Wildman–Crippen LogP) is 4.17. The summed E-state index contributed by atoms with van der Waals surface area (Å²) in [5.74, 6) is 1.55. The summed E-state index contributed by atoms with van der Waals surface area (Å²) in [7, 11) is 4.70. The largest absolute Gasteiger partial charge is 0.493 e. The number of hydrogen-bond donors (Lipinski definition) is 1. The summed E-state index contributed by atoms with van der Waals surface area (Å²) in [6.07, 6.45) is 0.594. The van der Waals surface area contributed by atoms with Gasteiger partial charge in [-0.1, -0.05) is 12.1 Å². The molecule has 8 nitrogen and oxygen atoms in total. The number of carbonyl (C=O) groups excluding carboxylic acids is 2. The summed E-state index contributed by atoms with van der Waals surface area (Å²) in [4.78, 5) is 24.7. The van der Waals surface area contributed by atoms with Crippen LogP contribution in [0.5, 0.6) is 23.0 Å². The molecule has 1 N–H and O–H groups in total. The first-order chi connectivity index (χ1) is 16.1. The number of amides is 1. The molecular formula is C26H33NO7. The highest BCUT2D eigenvalue weighted by atomic mass is 16.6. The van der Waals surface area contributed by atoms with Crippen LogP contribution >= 0.6 is 0 Å². The Morgan fingerprint density at radius 3 is 2.06 bits per heavy atom. The number of benzene rings is 2. The van der Waals surface area contributed by atoms with Gasteiger partial charge in [-0.15, -0.1) is 0 Å². The Morgan fingerprint density at radius 1 is 0.912 bits per heavy atom. The molecule has 0 saturated carbocycles. The number of cyclic esters (lactones) is 1. The fraction of sp³-hybridized carbons (Fsp3) is 0.462. The van der Waals surface area contributed by atoms with Crippen LogP contribution in [0.25, 0.3) is 0 Å². The number of carbonyl (C=O) groups is 2. The molecule has 1 heterocycles. The first-order valence-corrected chi connectivity index (χ1v) is 11.2. The van der Waals surface area contributed by atoms with Gasteiger partial charge in [0.05, 0.1) is 33.9 Å². The number of hydrogen-bond acceptors (Lipinski definition) is 7. The zero-order valence-corrected chi connectivity index (χ0v) is 20.6. The van der Waals surface area contributed by atoms with E-state index >= 15 is 0 Å². The van der Waals surface area contributed by atoms with Crippen molar-refractivity contribution in [3.8, 4) is 23.0 Å². The second-order valence-corrected chi connectivity index (χ2v) is 9.34. The van der Waals surface area contributed by atoms with Crippen molar-refractivity contribution in [3.63, 3.8) is 0 Å². The molecule has 1 aliphatic rings. The molecular weight excluding hydrogens is 438 g/mol. The van der Waals surface area contributed by atoms with Crippen molar-refractivity contribution >= 4 is 12.1 Å². The third kappa shape index (κ3) is 6.34. The lowest BCUT2D eigenvalue weighted by Crippen LogP contribution is -2.42. The van der Waals surface area contributed by atoms with Crippen LogP contribution in [0.2, 0.25) is 0 Å². The van der Waals surface area contributed by atoms with E-state index in [2.05, 4.69) is 5.32 Å². The fourth-order valence-corrected chi connectivity index (χ4v) is 3.98. The van der Waals surface area contributed by atoms with Gasteiger partial charge in [0.1, 0.15) is 0 Å². The molecule has 1 aliphatic heterocycles. The van der Waals surface area contributed by atoms with Gasteiger partial charge in [-0.2, -0.15) is 0 Å². The maximum atomic E-state index is 12.5. The van der Waals surface area contributed by atoms with Gasteiger partial charge < -0.3 is 29.0 Å². The molecule has 0 unspecified atom stereocenters. The Labute approximate surface area is 200 Å². The molecule has 0 aromatic heterocycles. The van der Waals surface area contributed by atoms with E-state index in [9.17, 15) is 9.59 Å². The van der Waals surface area contributed by atoms with E-state index in [4.69, 9.17) is 23.7 Å². The van der Waals surface area contributed by atoms with E-state index in [1.54, 1.807) is 26.4 Å². The maximum absolute atomic E-state index is 12.5. The van der Waals surface area contributed by atoms with Crippen LogP contribution in [0.4, 0.5) is 4.79 Å². The molecule has 2 aromatic carbocycles. The molecule has 1 saturated heterocycles. The number of methoxy groups -OCH3 is 3. The molecule has 0 bridgehead atoms. The van der Waals surface area contributed by atoms with Crippen LogP contribution in [0, 0.1) is 11.8 Å². The summed E-state index contributed by atoms with van der Waals surface area (Å²) < 4.78 is 26.9. The monoisotopic (exact) mass is 471 g/mol. The molecule has 2 atom stereocenters. The third-order valence-electron chi connectivity index (χ3n) is 5.62. The van der Waals surface area contributed by atoms with Gasteiger partial charge in [0, 0.05) is 11.5 Å². The molecule has 0 spiro atoms. The lowest BCUT2D eigenvalue weighted by Gasteiger charge is -2.20. The Kier molecular flexibility index (Phi) is 7.91. The van der Waals surface area contributed by atoms with Crippen LogP contribution in [-0.4, -0.2) is 45.5 Å². The zero-order chi connectivity index (χ0) is 24.9. The highest BCUT2D eigenvalue weighted by molar-refractivity contribution is 5.75. The average Bonchev–Trinajstić information content (AvgIpc) is 3.12. The second-order valence-electron chi connectivity index (χ2n) is 9.34. The van der Waals surface area contributed by atoms with Gasteiger partial charge in [-0.25, -0.2) is 4.79 Å². The lowest BCUT2D eigenvalue weighted by atomic mass is 9.85. The minimum absolute atomic E-state index is 0.0186. The lowest BCUT2D eigenvalue weighted by molar-refractivity contribution is -0.141. The quantitative estimate of drug-likeness (QED) is 0.578. The van der Waals surface area contributed by atoms with Crippen molar-refractivity contribution in [2.75, 3.05) is 27.9 Å². The van der Waals surface area contributed by atoms with Crippen LogP contribution in [0.15, 0.2) is 36.4 Å². The van der Waals surface area contributed by atoms with Crippen molar-refractivity contribution in [3.05, 3.63) is 47.5 Å². The summed E-state index contributed by atoms with van der Waals surface area (Å²) in [6, 6.07) is 11.1. The topological polar surface area (TPSA) is 92.3 Å². The second kappa shape index (κ2) is 10.7. The molecule has 3 rings (SSSR count). The fourth-order valence-electron chi connectivity index (χ4n) is 3.98. The van der Waals surface area contributed by atoms with Gasteiger partial charge in [0.2, 0.25) is 0 Å². The number of esters is 1. The van der Waals surface area contributed by atoms with Crippen LogP contribution < -0.4 is 24.3 Å². The molecule has 0 radical (unpaired) electrons. The van der Waals surface area contributed by atoms with Crippen LogP contribution in [-0.2, 0) is 22.4 Å². The van der Waals surface area contributed by atoms with E-state index < -0.39 is 11.6 Å². The molecule has 1 fully saturated rings. The molecule has 0 aliphatic carbocycles. The van der Waals surface area contributed by atoms with E-state index in [0.717, 1.165) is 11.1 Å². The minimum atomic E-state index is -0.562. The number of nitrogens with one attached hydrogen (secondary N) is 1. The maximum Gasteiger partial charge on any atom is 0.413 e. The summed E-state index contributed by atoms with van der Waals surface area (Å²) in [5, 5.41) is 2.75. The molecule has 184 valence electrons. The van der Waals surface area contributed by atoms with E-state index in [1.807, 2.05) is 45.0 Å². The van der Waals surface area contributed by atoms with Gasteiger partial charge in [-0.3, -0.25) is 4.79 Å². The summed E-state index contributed by atoms with van der Waals surface area (Å²) in [5.41, 5.74) is 1.51. The van der Waals surface area contributed by atoms with E-state index in [-0.39, 0.29) is 17.8 Å². The van der Waals surface area contributed by atoms with Crippen molar-refractivity contribution in [2.24, 2.45) is 11.8 Å². The van der Waals surface area contributed by atoms with Gasteiger partial charge in [0.25, 0.3) is 0 Å². The van der Waals surface area contributed by atoms with Crippen molar-refractivity contribution < 1.29 is 33.3 Å². The van der Waals surface area contributed by atoms with Crippen molar-refractivity contribution in [1.29, 1.82) is 0 Å². The third-order valence-corrected chi connectivity index (χ3v) is 5.62. The van der Waals surface area contributed by atoms with Gasteiger partial charge in [0.15, 0.2) is 23.0 Å². The Bertz CT molecular complexity index is 1030. The van der Waals surface area contributed by atoms with Gasteiger partial charge in [-0.05, 0) is 69.0 Å². The molecule has 8 heteroatoms. The molecule has 2 aromatic rings. The molecule has 1 amide bonds. The Balaban J connectivity index is 1.72. The van der Waals surface area contributed by atoms with Crippen molar-refractivity contribution in [2.45, 2.75) is 39.2 Å². The highest BCUT2D eigenvalue weighted by Gasteiger charge is 2.37. The summed E-state index contributed by atoms with van der Waals surface area (Å²) >= 11 is 0. The predicted molar refractivity (Wildman–Crippen MR) is 127 cm³/mol. The smallest absolute Gasteiger partial charge is 0.413 e. The standard InChI is InChI=1S/C26H33NO7/c1-26(2,3)27-25(29)34-21-10-8-17(14-23(21)32-6)12-19-18(15-33-24(19)28)11-16-7-9-20(30-4)22(13-16)31-5/h7-10,13-14,18-19H,11-12,15H2,1-6H3,(H,27,29)/t18-,19+/m0/s1. The Hall–Kier alpha value is -3.42. The van der Waals surface area contributed by atoms with Crippen molar-refractivity contribution in [1.82, 2.24) is 5.32 Å². The first-order valence-electron chi connectivity index (χ1n) is 11.2. The van der Waals surface area contributed by atoms with E-state index in [1.165, 1.54) is 7.11 Å². The highest BCUT2D eigenvalue weighted by Crippen LogP contribution is 2.35. The zero-order valence-electron chi connectivity index (χ0n) is 20.6. The Morgan fingerprint density at radius 2 is 1.47 bits per heavy atom. The van der Waals surface area contributed by atoms with E-state index in [0.29, 0.717) is 42.4 Å². The average molecular weight is 472 g/mol. The van der Waals surface area contributed by atoms with Gasteiger partial charge >= 0.3 is 12.1 Å². The van der Waals surface area contributed by atoms with Crippen LogP contribution in [0.1, 0.15) is 31.9 Å². The normalized spacial score (nSPS) is 17.6. The SMILES string of the molecule is COc1ccc(C[C@H]2COC(=O)[C@@H]2Cc2ccc(OC(=O)NC(C)(C)C)c(OC)c2)cc1OC. The number of ether oxygens (including phenoxy) is 5. The summed E-state index contributed by atoms with van der Waals surface area (Å²) in [6.45, 7) is 5.97. The molecule has 34 heavy (non-hydrogen) atoms.